The Morgan fingerprint density at radius 2 is 2.14 bits per heavy atom. The highest BCUT2D eigenvalue weighted by molar-refractivity contribution is 7.15. The van der Waals surface area contributed by atoms with E-state index in [0.717, 1.165) is 34.0 Å². The maximum absolute atomic E-state index is 12.1. The number of fused-ring (bicyclic) bond motifs is 1. The van der Waals surface area contributed by atoms with Gasteiger partial charge in [-0.25, -0.2) is 9.50 Å². The molecular formula is C15H16N4OS. The smallest absolute Gasteiger partial charge is 0.251 e. The first kappa shape index (κ1) is 13.8. The number of carbonyl (C=O) groups is 1. The zero-order valence-corrected chi connectivity index (χ0v) is 12.8. The number of nitrogens with zero attached hydrogens (tertiary/aromatic N) is 3. The molecule has 0 fully saturated rings. The summed E-state index contributed by atoms with van der Waals surface area (Å²) in [4.78, 5) is 17.3. The summed E-state index contributed by atoms with van der Waals surface area (Å²) in [5.41, 5.74) is 2.78. The lowest BCUT2D eigenvalue weighted by Gasteiger charge is -2.06. The number of aryl methyl sites for hydroxylation is 2. The molecule has 0 aliphatic carbocycles. The van der Waals surface area contributed by atoms with Crippen molar-refractivity contribution in [1.82, 2.24) is 19.9 Å². The molecule has 0 spiro atoms. The zero-order chi connectivity index (χ0) is 14.8. The first-order chi connectivity index (χ1) is 10.1. The average molecular weight is 300 g/mol. The van der Waals surface area contributed by atoms with Crippen molar-refractivity contribution in [2.24, 2.45) is 0 Å². The summed E-state index contributed by atoms with van der Waals surface area (Å²) < 4.78 is 1.85. The summed E-state index contributed by atoms with van der Waals surface area (Å²) in [5, 5.41) is 9.34. The van der Waals surface area contributed by atoms with Gasteiger partial charge in [-0.2, -0.15) is 5.10 Å². The molecule has 2 heterocycles. The number of carbonyl (C=O) groups excluding carboxylic acids is 1. The van der Waals surface area contributed by atoms with Crippen LogP contribution in [-0.4, -0.2) is 27.0 Å². The first-order valence-corrected chi connectivity index (χ1v) is 7.66. The molecule has 2 aromatic heterocycles. The second-order valence-electron chi connectivity index (χ2n) is 4.90. The predicted octanol–water partition coefficient (Wildman–Crippen LogP) is 2.38. The highest BCUT2D eigenvalue weighted by atomic mass is 32.1. The zero-order valence-electron chi connectivity index (χ0n) is 12.0. The highest BCUT2D eigenvalue weighted by Crippen LogP contribution is 2.14. The van der Waals surface area contributed by atoms with Crippen LogP contribution >= 0.6 is 11.3 Å². The van der Waals surface area contributed by atoms with E-state index in [9.17, 15) is 4.79 Å². The van der Waals surface area contributed by atoms with Gasteiger partial charge in [0, 0.05) is 23.9 Å². The summed E-state index contributed by atoms with van der Waals surface area (Å²) in [6.45, 7) is 4.40. The number of benzene rings is 1. The Kier molecular flexibility index (Phi) is 3.70. The summed E-state index contributed by atoms with van der Waals surface area (Å²) in [5.74, 6) is 0.737. The Balaban J connectivity index is 1.63. The molecule has 0 saturated carbocycles. The monoisotopic (exact) mass is 300 g/mol. The van der Waals surface area contributed by atoms with Crippen LogP contribution in [-0.2, 0) is 6.42 Å². The lowest BCUT2D eigenvalue weighted by atomic mass is 10.1. The van der Waals surface area contributed by atoms with Crippen LogP contribution in [0.2, 0.25) is 0 Å². The van der Waals surface area contributed by atoms with Gasteiger partial charge in [0.15, 0.2) is 0 Å². The molecule has 0 aliphatic rings. The number of aromatic nitrogens is 3. The number of amides is 1. The van der Waals surface area contributed by atoms with E-state index in [1.54, 1.807) is 11.3 Å². The van der Waals surface area contributed by atoms with Crippen LogP contribution in [0.4, 0.5) is 0 Å². The van der Waals surface area contributed by atoms with Gasteiger partial charge in [-0.3, -0.25) is 4.79 Å². The molecule has 21 heavy (non-hydrogen) atoms. The molecule has 0 atom stereocenters. The SMILES string of the molecule is Cc1nc2scc(CCNC(=O)c3ccccc3C)n2n1. The third-order valence-electron chi connectivity index (χ3n) is 3.31. The number of hydrogen-bond acceptors (Lipinski definition) is 4. The second-order valence-corrected chi connectivity index (χ2v) is 5.74. The first-order valence-electron chi connectivity index (χ1n) is 6.79. The number of rotatable bonds is 4. The van der Waals surface area contributed by atoms with Crippen molar-refractivity contribution in [3.05, 3.63) is 52.3 Å². The summed E-state index contributed by atoms with van der Waals surface area (Å²) in [7, 11) is 0. The molecule has 6 heteroatoms. The lowest BCUT2D eigenvalue weighted by Crippen LogP contribution is -2.26. The van der Waals surface area contributed by atoms with Gasteiger partial charge in [0.1, 0.15) is 5.82 Å². The van der Waals surface area contributed by atoms with Gasteiger partial charge in [0.25, 0.3) is 5.91 Å². The highest BCUT2D eigenvalue weighted by Gasteiger charge is 2.10. The molecule has 5 nitrogen and oxygen atoms in total. The van der Waals surface area contributed by atoms with Crippen molar-refractivity contribution in [1.29, 1.82) is 0 Å². The van der Waals surface area contributed by atoms with Crippen molar-refractivity contribution < 1.29 is 4.79 Å². The minimum atomic E-state index is -0.0330. The van der Waals surface area contributed by atoms with E-state index in [0.29, 0.717) is 6.54 Å². The van der Waals surface area contributed by atoms with Crippen molar-refractivity contribution >= 4 is 22.2 Å². The Bertz CT molecular complexity index is 790. The topological polar surface area (TPSA) is 59.3 Å². The average Bonchev–Trinajstić information content (AvgIpc) is 2.99. The summed E-state index contributed by atoms with van der Waals surface area (Å²) in [6, 6.07) is 7.59. The fraction of sp³-hybridized carbons (Fsp3) is 0.267. The van der Waals surface area contributed by atoms with Crippen LogP contribution in [0, 0.1) is 13.8 Å². The molecule has 0 saturated heterocycles. The molecule has 3 rings (SSSR count). The van der Waals surface area contributed by atoms with Crippen LogP contribution in [0.25, 0.3) is 4.96 Å². The molecule has 0 unspecified atom stereocenters. The van der Waals surface area contributed by atoms with Crippen LogP contribution < -0.4 is 5.32 Å². The molecule has 0 aliphatic heterocycles. The Morgan fingerprint density at radius 1 is 1.33 bits per heavy atom. The van der Waals surface area contributed by atoms with Crippen LogP contribution in [0.5, 0.6) is 0 Å². The molecule has 1 amide bonds. The van der Waals surface area contributed by atoms with Crippen molar-refractivity contribution in [2.75, 3.05) is 6.54 Å². The molecule has 0 radical (unpaired) electrons. The standard InChI is InChI=1S/C15H16N4OS/c1-10-5-3-4-6-13(10)14(20)16-8-7-12-9-21-15-17-11(2)18-19(12)15/h3-6,9H,7-8H2,1-2H3,(H,16,20). The minimum absolute atomic E-state index is 0.0330. The molecule has 0 bridgehead atoms. The minimum Gasteiger partial charge on any atom is -0.352 e. The molecule has 1 aromatic carbocycles. The molecule has 3 aromatic rings. The van der Waals surface area contributed by atoms with Crippen LogP contribution in [0.15, 0.2) is 29.6 Å². The van der Waals surface area contributed by atoms with Gasteiger partial charge < -0.3 is 5.32 Å². The van der Waals surface area contributed by atoms with E-state index in [-0.39, 0.29) is 5.91 Å². The van der Waals surface area contributed by atoms with Crippen LogP contribution in [0.3, 0.4) is 0 Å². The maximum atomic E-state index is 12.1. The number of hydrogen-bond donors (Lipinski definition) is 1. The molecule has 108 valence electrons. The van der Waals surface area contributed by atoms with E-state index in [2.05, 4.69) is 15.4 Å². The number of nitrogens with one attached hydrogen (secondary N) is 1. The third kappa shape index (κ3) is 2.80. The van der Waals surface area contributed by atoms with Crippen molar-refractivity contribution in [3.8, 4) is 0 Å². The molecule has 1 N–H and O–H groups in total. The van der Waals surface area contributed by atoms with Gasteiger partial charge >= 0.3 is 0 Å². The van der Waals surface area contributed by atoms with E-state index in [4.69, 9.17) is 0 Å². The quantitative estimate of drug-likeness (QED) is 0.805. The van der Waals surface area contributed by atoms with Crippen LogP contribution in [0.1, 0.15) is 27.4 Å². The number of thiazole rings is 1. The largest absolute Gasteiger partial charge is 0.352 e. The normalized spacial score (nSPS) is 11.0. The summed E-state index contributed by atoms with van der Waals surface area (Å²) in [6.07, 6.45) is 0.737. The van der Waals surface area contributed by atoms with E-state index in [1.807, 2.05) is 48.0 Å². The van der Waals surface area contributed by atoms with E-state index < -0.39 is 0 Å². The third-order valence-corrected chi connectivity index (χ3v) is 4.18. The van der Waals surface area contributed by atoms with Gasteiger partial charge in [0.05, 0.1) is 5.69 Å². The molecular weight excluding hydrogens is 284 g/mol. The fourth-order valence-electron chi connectivity index (χ4n) is 2.22. The Labute approximate surface area is 126 Å². The second kappa shape index (κ2) is 5.65. The Hall–Kier alpha value is -2.21. The fourth-order valence-corrected chi connectivity index (χ4v) is 3.12. The van der Waals surface area contributed by atoms with Gasteiger partial charge in [-0.05, 0) is 25.5 Å². The predicted molar refractivity (Wildman–Crippen MR) is 82.8 cm³/mol. The van der Waals surface area contributed by atoms with Crippen molar-refractivity contribution in [3.63, 3.8) is 0 Å². The lowest BCUT2D eigenvalue weighted by molar-refractivity contribution is 0.0953. The van der Waals surface area contributed by atoms with Crippen molar-refractivity contribution in [2.45, 2.75) is 20.3 Å². The Morgan fingerprint density at radius 3 is 2.95 bits per heavy atom. The van der Waals surface area contributed by atoms with Gasteiger partial charge in [-0.15, -0.1) is 11.3 Å². The van der Waals surface area contributed by atoms with E-state index in [1.165, 1.54) is 0 Å². The maximum Gasteiger partial charge on any atom is 0.251 e. The van der Waals surface area contributed by atoms with Gasteiger partial charge in [0.2, 0.25) is 4.96 Å². The van der Waals surface area contributed by atoms with Gasteiger partial charge in [-0.1, -0.05) is 18.2 Å². The summed E-state index contributed by atoms with van der Waals surface area (Å²) >= 11 is 1.57. The van der Waals surface area contributed by atoms with E-state index >= 15 is 0 Å².